The lowest BCUT2D eigenvalue weighted by Crippen LogP contribution is -2.25. The Morgan fingerprint density at radius 2 is 1.61 bits per heavy atom. The van der Waals surface area contributed by atoms with Gasteiger partial charge in [0.2, 0.25) is 0 Å². The second-order valence-electron chi connectivity index (χ2n) is 6.11. The molecule has 0 heterocycles. The van der Waals surface area contributed by atoms with Gasteiger partial charge in [-0.25, -0.2) is 6.57 Å². The summed E-state index contributed by atoms with van der Waals surface area (Å²) in [6.07, 6.45) is 1.31. The predicted octanol–water partition coefficient (Wildman–Crippen LogP) is 4.45. The zero-order valence-electron chi connectivity index (χ0n) is 12.4. The second-order valence-corrected chi connectivity index (χ2v) is 6.11. The fourth-order valence-electron chi connectivity index (χ4n) is 2.00. The van der Waals surface area contributed by atoms with Gasteiger partial charge in [0, 0.05) is 6.92 Å². The van der Waals surface area contributed by atoms with Crippen molar-refractivity contribution in [2.75, 3.05) is 0 Å². The van der Waals surface area contributed by atoms with Gasteiger partial charge in [0.15, 0.2) is 5.54 Å². The van der Waals surface area contributed by atoms with Crippen LogP contribution in [-0.2, 0) is 0 Å². The molecule has 0 fully saturated rings. The van der Waals surface area contributed by atoms with E-state index in [9.17, 15) is 5.26 Å². The van der Waals surface area contributed by atoms with Gasteiger partial charge in [-0.2, -0.15) is 10.4 Å². The van der Waals surface area contributed by atoms with Crippen molar-refractivity contribution in [1.29, 1.82) is 5.26 Å². The Kier molecular flexibility index (Phi) is 5.98. The van der Waals surface area contributed by atoms with Crippen molar-refractivity contribution < 1.29 is 0 Å². The monoisotopic (exact) mass is 248 g/mol. The highest BCUT2D eigenvalue weighted by molar-refractivity contribution is 5.04. The van der Waals surface area contributed by atoms with Crippen LogP contribution in [0.4, 0.5) is 0 Å². The molecular formula is C14H24N4. The van der Waals surface area contributed by atoms with E-state index in [1.807, 2.05) is 13.8 Å². The Morgan fingerprint density at radius 1 is 1.11 bits per heavy atom. The summed E-state index contributed by atoms with van der Waals surface area (Å²) >= 11 is 0. The minimum Gasteiger partial charge on any atom is -0.284 e. The molecule has 0 N–H and O–H groups in total. The molecule has 0 spiro atoms. The van der Waals surface area contributed by atoms with E-state index in [0.717, 1.165) is 0 Å². The summed E-state index contributed by atoms with van der Waals surface area (Å²) in [5.41, 5.74) is -1.67. The van der Waals surface area contributed by atoms with Gasteiger partial charge in [0.05, 0.1) is 12.5 Å². The van der Waals surface area contributed by atoms with Crippen molar-refractivity contribution in [1.82, 2.24) is 0 Å². The first kappa shape index (κ1) is 16.6. The quantitative estimate of drug-likeness (QED) is 0.506. The van der Waals surface area contributed by atoms with Gasteiger partial charge in [-0.3, -0.25) is 4.85 Å². The first-order valence-electron chi connectivity index (χ1n) is 6.40. The van der Waals surface area contributed by atoms with E-state index < -0.39 is 11.2 Å². The third-order valence-corrected chi connectivity index (χ3v) is 2.57. The van der Waals surface area contributed by atoms with Crippen molar-refractivity contribution in [3.8, 4) is 6.07 Å². The van der Waals surface area contributed by atoms with Crippen molar-refractivity contribution in [3.63, 3.8) is 0 Å². The maximum atomic E-state index is 9.20. The Bertz CT molecular complexity index is 336. The van der Waals surface area contributed by atoms with Gasteiger partial charge >= 0.3 is 5.66 Å². The summed E-state index contributed by atoms with van der Waals surface area (Å²) in [5.74, 6) is 0.749. The summed E-state index contributed by atoms with van der Waals surface area (Å²) in [7, 11) is 0. The highest BCUT2D eigenvalue weighted by Crippen LogP contribution is 2.27. The van der Waals surface area contributed by atoms with E-state index in [0.29, 0.717) is 24.7 Å². The van der Waals surface area contributed by atoms with Crippen LogP contribution in [0.25, 0.3) is 4.85 Å². The van der Waals surface area contributed by atoms with Crippen LogP contribution < -0.4 is 0 Å². The van der Waals surface area contributed by atoms with E-state index in [1.165, 1.54) is 0 Å². The molecule has 0 bridgehead atoms. The summed E-state index contributed by atoms with van der Waals surface area (Å²) in [5, 5.41) is 17.5. The first-order chi connectivity index (χ1) is 8.16. The average Bonchev–Trinajstić information content (AvgIpc) is 2.25. The molecule has 2 atom stereocenters. The van der Waals surface area contributed by atoms with Crippen LogP contribution in [0.15, 0.2) is 10.2 Å². The largest absolute Gasteiger partial charge is 0.338 e. The summed E-state index contributed by atoms with van der Waals surface area (Å²) in [6.45, 7) is 19.0. The number of hydrogen-bond acceptors (Lipinski definition) is 3. The molecular weight excluding hydrogens is 224 g/mol. The Morgan fingerprint density at radius 3 is 1.94 bits per heavy atom. The summed E-state index contributed by atoms with van der Waals surface area (Å²) in [4.78, 5) is 3.56. The minimum absolute atomic E-state index is 0.373. The molecule has 4 heteroatoms. The van der Waals surface area contributed by atoms with E-state index in [1.54, 1.807) is 13.8 Å². The van der Waals surface area contributed by atoms with E-state index >= 15 is 0 Å². The lowest BCUT2D eigenvalue weighted by molar-refractivity contribution is 0.377. The topological polar surface area (TPSA) is 52.9 Å². The van der Waals surface area contributed by atoms with Crippen molar-refractivity contribution in [2.24, 2.45) is 22.1 Å². The fraction of sp³-hybridized carbons (Fsp3) is 0.857. The first-order valence-corrected chi connectivity index (χ1v) is 6.40. The summed E-state index contributed by atoms with van der Waals surface area (Å²) in [6, 6.07) is 2.20. The molecule has 0 saturated carbocycles. The molecule has 0 aliphatic carbocycles. The van der Waals surface area contributed by atoms with E-state index in [2.05, 4.69) is 35.0 Å². The lowest BCUT2D eigenvalue weighted by Gasteiger charge is -2.19. The van der Waals surface area contributed by atoms with Crippen LogP contribution in [0, 0.1) is 29.7 Å². The third kappa shape index (κ3) is 5.77. The second kappa shape index (κ2) is 6.50. The number of nitriles is 1. The average molecular weight is 248 g/mol. The zero-order valence-corrected chi connectivity index (χ0v) is 12.4. The number of rotatable bonds is 6. The van der Waals surface area contributed by atoms with Crippen LogP contribution in [0.3, 0.4) is 0 Å². The summed E-state index contributed by atoms with van der Waals surface area (Å²) < 4.78 is 0. The van der Waals surface area contributed by atoms with Crippen LogP contribution >= 0.6 is 0 Å². The molecule has 0 aromatic heterocycles. The van der Waals surface area contributed by atoms with Gasteiger partial charge in [0.25, 0.3) is 0 Å². The SMILES string of the molecule is [C-]#[N+]C(C)(CC(C)C)N=NC(C)(C#N)CC(C)C. The molecule has 0 saturated heterocycles. The highest BCUT2D eigenvalue weighted by atomic mass is 15.2. The van der Waals surface area contributed by atoms with Crippen LogP contribution in [0.2, 0.25) is 0 Å². The van der Waals surface area contributed by atoms with Crippen molar-refractivity contribution >= 4 is 0 Å². The van der Waals surface area contributed by atoms with Gasteiger partial charge in [-0.05, 0) is 25.2 Å². The molecule has 18 heavy (non-hydrogen) atoms. The Balaban J connectivity index is 4.98. The molecule has 0 aromatic carbocycles. The number of azo groups is 1. The van der Waals surface area contributed by atoms with Gasteiger partial charge in [-0.15, -0.1) is 5.11 Å². The van der Waals surface area contributed by atoms with Crippen molar-refractivity contribution in [3.05, 3.63) is 11.4 Å². The van der Waals surface area contributed by atoms with Gasteiger partial charge in [-0.1, -0.05) is 27.7 Å². The third-order valence-electron chi connectivity index (χ3n) is 2.57. The molecule has 0 radical (unpaired) electrons. The molecule has 0 rings (SSSR count). The predicted molar refractivity (Wildman–Crippen MR) is 72.8 cm³/mol. The van der Waals surface area contributed by atoms with Gasteiger partial charge < -0.3 is 0 Å². The zero-order chi connectivity index (χ0) is 14.4. The minimum atomic E-state index is -0.844. The van der Waals surface area contributed by atoms with E-state index in [-0.39, 0.29) is 0 Å². The molecule has 0 aliphatic heterocycles. The smallest absolute Gasteiger partial charge is 0.284 e. The van der Waals surface area contributed by atoms with E-state index in [4.69, 9.17) is 6.57 Å². The standard InChI is InChI=1S/C14H24N4/c1-11(2)8-13(5,10-15)17-18-14(6,16-7)9-12(3)4/h11-12H,8-9H2,1-6H3. The normalized spacial score (nSPS) is 18.3. The molecule has 2 unspecified atom stereocenters. The van der Waals surface area contributed by atoms with Crippen LogP contribution in [0.1, 0.15) is 54.4 Å². The maximum absolute atomic E-state index is 9.20. The lowest BCUT2D eigenvalue weighted by atomic mass is 9.93. The van der Waals surface area contributed by atoms with Gasteiger partial charge in [0.1, 0.15) is 0 Å². The highest BCUT2D eigenvalue weighted by Gasteiger charge is 2.33. The Labute approximate surface area is 111 Å². The maximum Gasteiger partial charge on any atom is 0.338 e. The fourth-order valence-corrected chi connectivity index (χ4v) is 2.00. The van der Waals surface area contributed by atoms with Crippen LogP contribution in [-0.4, -0.2) is 11.2 Å². The van der Waals surface area contributed by atoms with Crippen molar-refractivity contribution in [2.45, 2.75) is 65.6 Å². The molecule has 0 aliphatic rings. The number of hydrogen-bond donors (Lipinski definition) is 0. The molecule has 0 amide bonds. The Hall–Kier alpha value is -1.42. The van der Waals surface area contributed by atoms with Crippen LogP contribution in [0.5, 0.6) is 0 Å². The molecule has 100 valence electrons. The number of nitrogens with zero attached hydrogens (tertiary/aromatic N) is 4. The molecule has 0 aromatic rings. The molecule has 4 nitrogen and oxygen atoms in total.